The van der Waals surface area contributed by atoms with Crippen molar-refractivity contribution in [1.29, 1.82) is 5.26 Å². The van der Waals surface area contributed by atoms with E-state index in [1.165, 1.54) is 6.08 Å². The lowest BCUT2D eigenvalue weighted by Gasteiger charge is -2.18. The highest BCUT2D eigenvalue weighted by Gasteiger charge is 2.17. The Morgan fingerprint density at radius 1 is 1.30 bits per heavy atom. The number of amides is 1. The zero-order valence-electron chi connectivity index (χ0n) is 17.7. The van der Waals surface area contributed by atoms with Crippen LogP contribution < -0.4 is 10.6 Å². The highest BCUT2D eigenvalue weighted by Crippen LogP contribution is 2.20. The number of nitriles is 1. The molecular formula is C23H28BrN5O. The number of halogens is 1. The van der Waals surface area contributed by atoms with Crippen molar-refractivity contribution in [2.24, 2.45) is 0 Å². The van der Waals surface area contributed by atoms with Crippen LogP contribution in [0.15, 0.2) is 52.6 Å². The zero-order chi connectivity index (χ0) is 21.9. The molecule has 0 bridgehead atoms. The van der Waals surface area contributed by atoms with E-state index in [2.05, 4.69) is 43.4 Å². The van der Waals surface area contributed by atoms with E-state index in [1.807, 2.05) is 62.6 Å². The molecule has 2 N–H and O–H groups in total. The van der Waals surface area contributed by atoms with Crippen LogP contribution in [0.5, 0.6) is 0 Å². The smallest absolute Gasteiger partial charge is 0.262 e. The lowest BCUT2D eigenvalue weighted by molar-refractivity contribution is -0.117. The summed E-state index contributed by atoms with van der Waals surface area (Å²) in [6.45, 7) is 3.72. The Morgan fingerprint density at radius 2 is 2.03 bits per heavy atom. The summed E-state index contributed by atoms with van der Waals surface area (Å²) in [5.41, 5.74) is 2.46. The van der Waals surface area contributed by atoms with Crippen LogP contribution in [0.3, 0.4) is 0 Å². The Kier molecular flexibility index (Phi) is 9.52. The lowest BCUT2D eigenvalue weighted by Crippen LogP contribution is -2.29. The van der Waals surface area contributed by atoms with Crippen LogP contribution in [0.25, 0.3) is 6.08 Å². The van der Waals surface area contributed by atoms with Crippen LogP contribution in [0.1, 0.15) is 37.1 Å². The molecule has 1 atom stereocenters. The number of rotatable bonds is 10. The van der Waals surface area contributed by atoms with Crippen LogP contribution in [-0.4, -0.2) is 43.0 Å². The molecule has 0 fully saturated rings. The maximum absolute atomic E-state index is 12.8. The molecule has 0 aliphatic carbocycles. The molecular weight excluding hydrogens is 442 g/mol. The fourth-order valence-electron chi connectivity index (χ4n) is 2.95. The van der Waals surface area contributed by atoms with Crippen LogP contribution in [0.2, 0.25) is 0 Å². The van der Waals surface area contributed by atoms with E-state index in [-0.39, 0.29) is 11.6 Å². The van der Waals surface area contributed by atoms with Gasteiger partial charge in [0, 0.05) is 18.8 Å². The number of carbonyl (C=O) groups excluding carboxylic acids is 1. The van der Waals surface area contributed by atoms with Gasteiger partial charge in [-0.3, -0.25) is 4.79 Å². The Bertz CT molecular complexity index is 906. The zero-order valence-corrected chi connectivity index (χ0v) is 19.2. The summed E-state index contributed by atoms with van der Waals surface area (Å²) in [4.78, 5) is 19.3. The minimum Gasteiger partial charge on any atom is -0.384 e. The fraction of sp³-hybridized carbons (Fsp3) is 0.348. The van der Waals surface area contributed by atoms with Crippen molar-refractivity contribution >= 4 is 33.6 Å². The van der Waals surface area contributed by atoms with Gasteiger partial charge >= 0.3 is 0 Å². The van der Waals surface area contributed by atoms with E-state index in [0.717, 1.165) is 37.2 Å². The van der Waals surface area contributed by atoms with Crippen LogP contribution in [0.4, 0.5) is 5.69 Å². The molecule has 2 rings (SSSR count). The number of hydrogen-bond donors (Lipinski definition) is 2. The third-order valence-electron chi connectivity index (χ3n) is 4.44. The highest BCUT2D eigenvalue weighted by molar-refractivity contribution is 9.10. The maximum Gasteiger partial charge on any atom is 0.262 e. The second kappa shape index (κ2) is 12.1. The van der Waals surface area contributed by atoms with Gasteiger partial charge < -0.3 is 15.5 Å². The van der Waals surface area contributed by atoms with Gasteiger partial charge in [0.1, 0.15) is 16.2 Å². The van der Waals surface area contributed by atoms with Crippen molar-refractivity contribution in [3.05, 3.63) is 63.9 Å². The predicted octanol–water partition coefficient (Wildman–Crippen LogP) is 4.38. The van der Waals surface area contributed by atoms with E-state index in [0.29, 0.717) is 10.3 Å². The molecule has 1 amide bonds. The quantitative estimate of drug-likeness (QED) is 0.306. The average Bonchev–Trinajstić information content (AvgIpc) is 2.71. The first kappa shape index (κ1) is 23.6. The summed E-state index contributed by atoms with van der Waals surface area (Å²) in [6.07, 6.45) is 3.23. The van der Waals surface area contributed by atoms with Crippen LogP contribution in [-0.2, 0) is 4.79 Å². The summed E-state index contributed by atoms with van der Waals surface area (Å²) in [5.74, 6) is -0.399. The standard InChI is InChI=1S/C23H28BrN5O/c1-4-8-21(17-9-6-5-7-10-17)28-23(30)18(16-25)13-20-14-19(15-22(24)27-20)26-11-12-29(2)3/h5-7,9-10,13-15,21H,4,8,11-12H2,1-3H3,(H,26,27)(H,28,30)/b18-13+. The SMILES string of the molecule is CCCC(NC(=O)/C(C#N)=C/c1cc(NCCN(C)C)cc(Br)n1)c1ccccc1. The van der Waals surface area contributed by atoms with Gasteiger partial charge in [0.05, 0.1) is 11.7 Å². The Morgan fingerprint density at radius 3 is 2.67 bits per heavy atom. The van der Waals surface area contributed by atoms with Gasteiger partial charge in [0.25, 0.3) is 5.91 Å². The molecule has 30 heavy (non-hydrogen) atoms. The van der Waals surface area contributed by atoms with Crippen molar-refractivity contribution < 1.29 is 4.79 Å². The molecule has 0 saturated heterocycles. The van der Waals surface area contributed by atoms with Gasteiger partial charge in [-0.15, -0.1) is 0 Å². The number of likely N-dealkylation sites (N-methyl/N-ethyl adjacent to an activating group) is 1. The third kappa shape index (κ3) is 7.62. The molecule has 7 heteroatoms. The number of hydrogen-bond acceptors (Lipinski definition) is 5. The number of benzene rings is 1. The second-order valence-electron chi connectivity index (χ2n) is 7.23. The first-order valence-corrected chi connectivity index (χ1v) is 10.8. The van der Waals surface area contributed by atoms with E-state index < -0.39 is 5.91 Å². The summed E-state index contributed by atoms with van der Waals surface area (Å²) in [5, 5.41) is 15.9. The minimum absolute atomic E-state index is 0.0249. The monoisotopic (exact) mass is 469 g/mol. The van der Waals surface area contributed by atoms with E-state index in [1.54, 1.807) is 0 Å². The first-order chi connectivity index (χ1) is 14.4. The second-order valence-corrected chi connectivity index (χ2v) is 8.04. The molecule has 0 aliphatic rings. The van der Waals surface area contributed by atoms with E-state index >= 15 is 0 Å². The molecule has 2 aromatic rings. The number of aromatic nitrogens is 1. The van der Waals surface area contributed by atoms with E-state index in [9.17, 15) is 10.1 Å². The van der Waals surface area contributed by atoms with E-state index in [4.69, 9.17) is 0 Å². The van der Waals surface area contributed by atoms with Gasteiger partial charge in [0.2, 0.25) is 0 Å². The summed E-state index contributed by atoms with van der Waals surface area (Å²) in [6, 6.07) is 15.4. The third-order valence-corrected chi connectivity index (χ3v) is 4.85. The Balaban J connectivity index is 2.18. The molecule has 1 unspecified atom stereocenters. The van der Waals surface area contributed by atoms with Gasteiger partial charge in [-0.25, -0.2) is 4.98 Å². The van der Waals surface area contributed by atoms with Gasteiger partial charge in [-0.1, -0.05) is 43.7 Å². The molecule has 0 spiro atoms. The van der Waals surface area contributed by atoms with Gasteiger partial charge in [-0.2, -0.15) is 5.26 Å². The largest absolute Gasteiger partial charge is 0.384 e. The maximum atomic E-state index is 12.8. The van der Waals surface area contributed by atoms with Crippen molar-refractivity contribution in [2.45, 2.75) is 25.8 Å². The molecule has 6 nitrogen and oxygen atoms in total. The van der Waals surface area contributed by atoms with Crippen LogP contribution in [0, 0.1) is 11.3 Å². The Labute approximate surface area is 187 Å². The van der Waals surface area contributed by atoms with Crippen molar-refractivity contribution in [3.63, 3.8) is 0 Å². The summed E-state index contributed by atoms with van der Waals surface area (Å²) in [7, 11) is 4.02. The van der Waals surface area contributed by atoms with Crippen LogP contribution >= 0.6 is 15.9 Å². The molecule has 1 aromatic carbocycles. The molecule has 0 radical (unpaired) electrons. The Hall–Kier alpha value is -2.69. The lowest BCUT2D eigenvalue weighted by atomic mass is 10.0. The number of nitrogens with one attached hydrogen (secondary N) is 2. The predicted molar refractivity (Wildman–Crippen MR) is 125 cm³/mol. The first-order valence-electron chi connectivity index (χ1n) is 9.96. The number of carbonyl (C=O) groups is 1. The molecule has 1 heterocycles. The summed E-state index contributed by atoms with van der Waals surface area (Å²) < 4.78 is 0.634. The number of anilines is 1. The molecule has 158 valence electrons. The van der Waals surface area contributed by atoms with Gasteiger partial charge in [0.15, 0.2) is 0 Å². The summed E-state index contributed by atoms with van der Waals surface area (Å²) >= 11 is 3.40. The minimum atomic E-state index is -0.399. The molecule has 1 aromatic heterocycles. The molecule has 0 saturated carbocycles. The number of pyridine rings is 1. The fourth-order valence-corrected chi connectivity index (χ4v) is 3.40. The average molecular weight is 470 g/mol. The topological polar surface area (TPSA) is 81.0 Å². The van der Waals surface area contributed by atoms with Gasteiger partial charge in [-0.05, 0) is 60.2 Å². The van der Waals surface area contributed by atoms with Crippen molar-refractivity contribution in [3.8, 4) is 6.07 Å². The van der Waals surface area contributed by atoms with Crippen molar-refractivity contribution in [2.75, 3.05) is 32.5 Å². The van der Waals surface area contributed by atoms with Crippen molar-refractivity contribution in [1.82, 2.24) is 15.2 Å². The number of nitrogens with zero attached hydrogens (tertiary/aromatic N) is 3. The highest BCUT2D eigenvalue weighted by atomic mass is 79.9. The molecule has 0 aliphatic heterocycles. The normalized spacial score (nSPS) is 12.3.